The highest BCUT2D eigenvalue weighted by Gasteiger charge is 2.31. The van der Waals surface area contributed by atoms with E-state index in [0.717, 1.165) is 12.1 Å². The first-order chi connectivity index (χ1) is 12.6. The third kappa shape index (κ3) is 3.48. The van der Waals surface area contributed by atoms with Crippen LogP contribution in [0.1, 0.15) is 22.5 Å². The van der Waals surface area contributed by atoms with E-state index in [1.807, 2.05) is 10.6 Å². The first-order valence-corrected chi connectivity index (χ1v) is 7.83. The largest absolute Gasteiger partial charge is 0.416 e. The number of imide groups is 2. The summed E-state index contributed by atoms with van der Waals surface area (Å²) in [4.78, 5) is 34.8. The highest BCUT2D eigenvalue weighted by Crippen LogP contribution is 2.31. The highest BCUT2D eigenvalue weighted by molar-refractivity contribution is 6.31. The van der Waals surface area contributed by atoms with Crippen molar-refractivity contribution < 1.29 is 27.6 Å². The summed E-state index contributed by atoms with van der Waals surface area (Å²) in [6, 6.07) is 5.58. The Kier molecular flexibility index (Phi) is 4.38. The number of hydrogen-bond donors (Lipinski definition) is 2. The van der Waals surface area contributed by atoms with Gasteiger partial charge in [0, 0.05) is 17.1 Å². The van der Waals surface area contributed by atoms with Crippen LogP contribution in [0.2, 0.25) is 0 Å². The zero-order valence-electron chi connectivity index (χ0n) is 14.3. The van der Waals surface area contributed by atoms with Crippen LogP contribution < -0.4 is 10.6 Å². The lowest BCUT2D eigenvalue weighted by Crippen LogP contribution is -2.51. The summed E-state index contributed by atoms with van der Waals surface area (Å²) in [7, 11) is 0. The number of halogens is 3. The molecule has 6 nitrogen and oxygen atoms in total. The van der Waals surface area contributed by atoms with E-state index in [-0.39, 0.29) is 5.57 Å². The molecule has 1 aliphatic rings. The standard InChI is InChI=1S/C18H14F3N3O3/c1-9-6-11(7-14-15(25)22-17(27)23-16(14)26)10(2)24(9)13-5-3-4-12(8-13)18(19,20)21/h3-8H,1-2H3,(H2,22,23,25,26,27). The van der Waals surface area contributed by atoms with Crippen molar-refractivity contribution in [3.05, 3.63) is 58.4 Å². The molecule has 4 amide bonds. The van der Waals surface area contributed by atoms with Gasteiger partial charge in [-0.2, -0.15) is 13.2 Å². The number of benzene rings is 1. The number of nitrogens with one attached hydrogen (secondary N) is 2. The molecule has 9 heteroatoms. The fraction of sp³-hybridized carbons (Fsp3) is 0.167. The zero-order valence-corrected chi connectivity index (χ0v) is 14.3. The van der Waals surface area contributed by atoms with Crippen molar-refractivity contribution in [3.63, 3.8) is 0 Å². The van der Waals surface area contributed by atoms with E-state index in [2.05, 4.69) is 0 Å². The van der Waals surface area contributed by atoms with Crippen LogP contribution in [0.15, 0.2) is 35.9 Å². The van der Waals surface area contributed by atoms with E-state index in [1.165, 1.54) is 18.2 Å². The van der Waals surface area contributed by atoms with Gasteiger partial charge in [0.1, 0.15) is 5.57 Å². The van der Waals surface area contributed by atoms with Crippen molar-refractivity contribution in [2.24, 2.45) is 0 Å². The first-order valence-electron chi connectivity index (χ1n) is 7.83. The summed E-state index contributed by atoms with van der Waals surface area (Å²) in [6.07, 6.45) is -3.18. The Morgan fingerprint density at radius 1 is 1.00 bits per heavy atom. The summed E-state index contributed by atoms with van der Waals surface area (Å²) in [6.45, 7) is 3.35. The van der Waals surface area contributed by atoms with Gasteiger partial charge in [-0.1, -0.05) is 6.07 Å². The molecule has 0 saturated carbocycles. The molecule has 140 valence electrons. The van der Waals surface area contributed by atoms with Crippen molar-refractivity contribution in [1.82, 2.24) is 15.2 Å². The molecule has 0 radical (unpaired) electrons. The Bertz CT molecular complexity index is 981. The Labute approximate surface area is 151 Å². The summed E-state index contributed by atoms with van der Waals surface area (Å²) < 4.78 is 40.5. The minimum absolute atomic E-state index is 0.265. The third-order valence-electron chi connectivity index (χ3n) is 4.15. The highest BCUT2D eigenvalue weighted by atomic mass is 19.4. The normalized spacial score (nSPS) is 14.9. The fourth-order valence-corrected chi connectivity index (χ4v) is 2.91. The van der Waals surface area contributed by atoms with Crippen LogP contribution in [0.4, 0.5) is 18.0 Å². The van der Waals surface area contributed by atoms with E-state index in [9.17, 15) is 27.6 Å². The molecule has 0 spiro atoms. The number of aromatic nitrogens is 1. The second-order valence-electron chi connectivity index (χ2n) is 6.01. The number of hydrogen-bond acceptors (Lipinski definition) is 3. The number of carbonyl (C=O) groups is 3. The van der Waals surface area contributed by atoms with Crippen LogP contribution in [0.5, 0.6) is 0 Å². The average Bonchev–Trinajstić information content (AvgIpc) is 2.84. The monoisotopic (exact) mass is 377 g/mol. The molecule has 2 heterocycles. The quantitative estimate of drug-likeness (QED) is 0.624. The molecule has 1 aromatic heterocycles. The second-order valence-corrected chi connectivity index (χ2v) is 6.01. The molecule has 0 unspecified atom stereocenters. The SMILES string of the molecule is Cc1cc(C=C2C(=O)NC(=O)NC2=O)c(C)n1-c1cccc(C(F)(F)F)c1. The maximum Gasteiger partial charge on any atom is 0.416 e. The van der Waals surface area contributed by atoms with Crippen LogP contribution in [0, 0.1) is 13.8 Å². The molecule has 0 atom stereocenters. The van der Waals surface area contributed by atoms with Gasteiger partial charge >= 0.3 is 12.2 Å². The van der Waals surface area contributed by atoms with E-state index >= 15 is 0 Å². The summed E-state index contributed by atoms with van der Waals surface area (Å²) >= 11 is 0. The molecule has 0 bridgehead atoms. The molecule has 2 aromatic rings. The van der Waals surface area contributed by atoms with Crippen molar-refractivity contribution >= 4 is 23.9 Å². The molecule has 0 aliphatic carbocycles. The third-order valence-corrected chi connectivity index (χ3v) is 4.15. The first kappa shape index (κ1) is 18.4. The molecule has 2 N–H and O–H groups in total. The van der Waals surface area contributed by atoms with Gasteiger partial charge < -0.3 is 4.57 Å². The van der Waals surface area contributed by atoms with Crippen LogP contribution in [0.3, 0.4) is 0 Å². The number of carbonyl (C=O) groups excluding carboxylic acids is 3. The van der Waals surface area contributed by atoms with Gasteiger partial charge in [0.25, 0.3) is 11.8 Å². The van der Waals surface area contributed by atoms with Crippen LogP contribution in [-0.2, 0) is 15.8 Å². The van der Waals surface area contributed by atoms with Gasteiger partial charge in [-0.25, -0.2) is 4.79 Å². The number of alkyl halides is 3. The van der Waals surface area contributed by atoms with Crippen LogP contribution in [0.25, 0.3) is 11.8 Å². The van der Waals surface area contributed by atoms with E-state index in [1.54, 1.807) is 24.5 Å². The minimum Gasteiger partial charge on any atom is -0.318 e. The molecular weight excluding hydrogens is 363 g/mol. The maximum absolute atomic E-state index is 13.0. The Morgan fingerprint density at radius 2 is 1.63 bits per heavy atom. The molecule has 1 aliphatic heterocycles. The number of aryl methyl sites for hydroxylation is 1. The fourth-order valence-electron chi connectivity index (χ4n) is 2.91. The maximum atomic E-state index is 13.0. The topological polar surface area (TPSA) is 80.2 Å². The van der Waals surface area contributed by atoms with Gasteiger partial charge in [0.2, 0.25) is 0 Å². The lowest BCUT2D eigenvalue weighted by atomic mass is 10.1. The second kappa shape index (κ2) is 6.42. The Balaban J connectivity index is 2.06. The summed E-state index contributed by atoms with van der Waals surface area (Å²) in [5.41, 5.74) is 0.885. The minimum atomic E-state index is -4.47. The number of barbiturate groups is 1. The Hall–Kier alpha value is -3.36. The average molecular weight is 377 g/mol. The lowest BCUT2D eigenvalue weighted by Gasteiger charge is -2.14. The van der Waals surface area contributed by atoms with Crippen LogP contribution >= 0.6 is 0 Å². The van der Waals surface area contributed by atoms with Crippen molar-refractivity contribution in [2.75, 3.05) is 0 Å². The molecule has 1 saturated heterocycles. The molecule has 1 aromatic carbocycles. The van der Waals surface area contributed by atoms with Gasteiger partial charge in [-0.05, 0) is 49.8 Å². The predicted molar refractivity (Wildman–Crippen MR) is 89.9 cm³/mol. The van der Waals surface area contributed by atoms with Crippen LogP contribution in [-0.4, -0.2) is 22.4 Å². The molecule has 27 heavy (non-hydrogen) atoms. The number of nitrogens with zero attached hydrogens (tertiary/aromatic N) is 1. The number of rotatable bonds is 2. The zero-order chi connectivity index (χ0) is 19.9. The number of amides is 4. The van der Waals surface area contributed by atoms with Gasteiger partial charge in [0.15, 0.2) is 0 Å². The van der Waals surface area contributed by atoms with Crippen molar-refractivity contribution in [3.8, 4) is 5.69 Å². The van der Waals surface area contributed by atoms with Crippen molar-refractivity contribution in [1.29, 1.82) is 0 Å². The lowest BCUT2D eigenvalue weighted by molar-refractivity contribution is -0.137. The predicted octanol–water partition coefficient (Wildman–Crippen LogP) is 2.86. The molecular formula is C18H14F3N3O3. The Morgan fingerprint density at radius 3 is 2.22 bits per heavy atom. The van der Waals surface area contributed by atoms with Gasteiger partial charge in [0.05, 0.1) is 5.56 Å². The molecule has 1 fully saturated rings. The van der Waals surface area contributed by atoms with E-state index < -0.39 is 29.6 Å². The van der Waals surface area contributed by atoms with E-state index in [0.29, 0.717) is 22.6 Å². The van der Waals surface area contributed by atoms with E-state index in [4.69, 9.17) is 0 Å². The van der Waals surface area contributed by atoms with Crippen molar-refractivity contribution in [2.45, 2.75) is 20.0 Å². The van der Waals surface area contributed by atoms with Gasteiger partial charge in [-0.3, -0.25) is 20.2 Å². The summed E-state index contributed by atoms with van der Waals surface area (Å²) in [5.74, 6) is -1.68. The molecule has 3 rings (SSSR count). The van der Waals surface area contributed by atoms with Gasteiger partial charge in [-0.15, -0.1) is 0 Å². The number of urea groups is 1. The summed E-state index contributed by atoms with van der Waals surface area (Å²) in [5, 5.41) is 3.93. The smallest absolute Gasteiger partial charge is 0.318 e.